The molecule has 0 unspecified atom stereocenters. The molecule has 12 heteroatoms. The maximum atomic E-state index is 15.3. The quantitative estimate of drug-likeness (QED) is 0.279. The van der Waals surface area contributed by atoms with Crippen molar-refractivity contribution in [2.24, 2.45) is 34.5 Å². The molecule has 6 fully saturated rings. The Morgan fingerprint density at radius 3 is 2.33 bits per heavy atom. The van der Waals surface area contributed by atoms with Gasteiger partial charge < -0.3 is 25.4 Å². The van der Waals surface area contributed by atoms with Crippen LogP contribution in [0.25, 0.3) is 0 Å². The molecule has 3 N–H and O–H groups in total. The summed E-state index contributed by atoms with van der Waals surface area (Å²) >= 11 is 0. The van der Waals surface area contributed by atoms with Crippen LogP contribution in [0.1, 0.15) is 85.9 Å². The van der Waals surface area contributed by atoms with Crippen LogP contribution in [-0.4, -0.2) is 71.8 Å². The van der Waals surface area contributed by atoms with Crippen LogP contribution in [0.2, 0.25) is 0 Å². The van der Waals surface area contributed by atoms with Gasteiger partial charge in [-0.25, -0.2) is 4.39 Å². The zero-order chi connectivity index (χ0) is 33.0. The zero-order valence-corrected chi connectivity index (χ0v) is 26.3. The van der Waals surface area contributed by atoms with Gasteiger partial charge >= 0.3 is 6.18 Å². The van der Waals surface area contributed by atoms with Gasteiger partial charge in [0.1, 0.15) is 0 Å². The first kappa shape index (κ1) is 31.4. The number of ether oxygens (including phenoxy) is 1. The van der Waals surface area contributed by atoms with Crippen molar-refractivity contribution >= 4 is 17.7 Å². The lowest BCUT2D eigenvalue weighted by atomic mass is 9.55. The largest absolute Gasteiger partial charge is 0.493 e. The van der Waals surface area contributed by atoms with Gasteiger partial charge in [0.15, 0.2) is 17.2 Å². The van der Waals surface area contributed by atoms with E-state index in [0.29, 0.717) is 5.92 Å². The number of carbonyl (C=O) groups excluding carboxylic acids is 3. The van der Waals surface area contributed by atoms with Crippen LogP contribution in [0.5, 0.6) is 5.75 Å². The second-order valence-electron chi connectivity index (χ2n) is 15.3. The van der Waals surface area contributed by atoms with Gasteiger partial charge in [-0.05, 0) is 87.7 Å². The number of alkyl halides is 3. The van der Waals surface area contributed by atoms with E-state index in [4.69, 9.17) is 4.74 Å². The number of halogens is 4. The Morgan fingerprint density at radius 1 is 1.09 bits per heavy atom. The number of fused-ring (bicyclic) bond motifs is 2. The number of amides is 3. The molecule has 0 radical (unpaired) electrons. The summed E-state index contributed by atoms with van der Waals surface area (Å²) in [5, 5.41) is 16.1. The van der Waals surface area contributed by atoms with E-state index in [-0.39, 0.29) is 59.2 Å². The zero-order valence-electron chi connectivity index (χ0n) is 26.3. The second kappa shape index (κ2) is 10.4. The summed E-state index contributed by atoms with van der Waals surface area (Å²) in [6, 6.07) is 1.69. The van der Waals surface area contributed by atoms with E-state index in [1.54, 1.807) is 0 Å². The molecule has 1 aromatic rings. The van der Waals surface area contributed by atoms with E-state index in [2.05, 4.69) is 23.6 Å². The van der Waals surface area contributed by atoms with Gasteiger partial charge in [0.05, 0.1) is 18.6 Å². The summed E-state index contributed by atoms with van der Waals surface area (Å²) in [5.74, 6) is -2.63. The molecule has 8 nitrogen and oxygen atoms in total. The van der Waals surface area contributed by atoms with Gasteiger partial charge in [0.2, 0.25) is 5.91 Å². The number of nitrogens with zero attached hydrogens (tertiary/aromatic N) is 1. The highest BCUT2D eigenvalue weighted by molar-refractivity contribution is 6.02. The fourth-order valence-electron chi connectivity index (χ4n) is 8.70. The Kier molecular flexibility index (Phi) is 7.13. The van der Waals surface area contributed by atoms with Crippen LogP contribution in [-0.2, 0) is 4.79 Å². The minimum atomic E-state index is -4.75. The summed E-state index contributed by atoms with van der Waals surface area (Å²) < 4.78 is 60.0. The summed E-state index contributed by atoms with van der Waals surface area (Å²) in [6.07, 6.45) is 2.57. The monoisotopic (exact) mass is 647 g/mol. The van der Waals surface area contributed by atoms with Crippen molar-refractivity contribution in [3.63, 3.8) is 0 Å². The normalized spacial score (nSPS) is 31.2. The molecule has 7 rings (SSSR count). The van der Waals surface area contributed by atoms with Crippen molar-refractivity contribution in [3.05, 3.63) is 40.7 Å². The number of nitrogens with one attached hydrogen (secondary N) is 2. The molecule has 1 heterocycles. The van der Waals surface area contributed by atoms with Crippen molar-refractivity contribution in [1.29, 1.82) is 0 Å². The van der Waals surface area contributed by atoms with E-state index in [1.807, 2.05) is 6.92 Å². The molecular weight excluding hydrogens is 606 g/mol. The molecule has 3 amide bonds. The molecule has 5 saturated carbocycles. The molecule has 5 atom stereocenters. The molecule has 46 heavy (non-hydrogen) atoms. The fourth-order valence-corrected chi connectivity index (χ4v) is 8.70. The molecular formula is C34H41F4N3O5. The Labute approximate surface area is 265 Å². The molecule has 6 aliphatic rings. The van der Waals surface area contributed by atoms with E-state index in [9.17, 15) is 32.7 Å². The third kappa shape index (κ3) is 5.09. The molecule has 2 bridgehead atoms. The lowest BCUT2D eigenvalue weighted by molar-refractivity contribution is -0.329. The Morgan fingerprint density at radius 2 is 1.74 bits per heavy atom. The van der Waals surface area contributed by atoms with Gasteiger partial charge in [-0.1, -0.05) is 18.6 Å². The highest BCUT2D eigenvalue weighted by atomic mass is 19.4. The maximum Gasteiger partial charge on any atom is 0.417 e. The minimum Gasteiger partial charge on any atom is -0.493 e. The average molecular weight is 648 g/mol. The lowest BCUT2D eigenvalue weighted by Crippen LogP contribution is -2.72. The lowest BCUT2D eigenvalue weighted by Gasteiger charge is -2.62. The number of methoxy groups -OCH3 is 1. The number of carbonyl (C=O) groups is 3. The number of rotatable bonds is 8. The van der Waals surface area contributed by atoms with Gasteiger partial charge in [-0.15, -0.1) is 0 Å². The summed E-state index contributed by atoms with van der Waals surface area (Å²) in [7, 11) is 1.22. The van der Waals surface area contributed by atoms with Crippen molar-refractivity contribution in [3.8, 4) is 5.75 Å². The standard InChI is InChI=1S/C34H41F4N3O5/c1-17(31(2)8-9-31)39-29(43)25-20-6-7-21(22(20)10-18-4-5-18)26(25)40-28(42)23-11-19(12-24(35)27(23)46-3)30(44)41-15-32(16-41)13-33(45,14-32)34(36,37)38/h10-12,17-18,20-21,25-26,45H,4-9,13-16H2,1-3H3,(H,39,43)(H,40,42)/b22-10-/t17-,20+,21-,25+,26-/m1/s1. The highest BCUT2D eigenvalue weighted by Gasteiger charge is 2.70. The van der Waals surface area contributed by atoms with Crippen LogP contribution < -0.4 is 15.4 Å². The SMILES string of the molecule is COc1c(F)cc(C(=O)N2CC3(C2)CC(O)(C(F)(F)F)C3)cc1C(=O)N[C@H]1[C@@H](C(=O)N[C@H](C)C2(C)CC2)[C@H]2CC[C@@H]1/C2=C\C1CC1. The molecule has 1 saturated heterocycles. The van der Waals surface area contributed by atoms with E-state index >= 15 is 4.39 Å². The first-order valence-corrected chi connectivity index (χ1v) is 16.4. The highest BCUT2D eigenvalue weighted by Crippen LogP contribution is 2.60. The van der Waals surface area contributed by atoms with Crippen LogP contribution in [0.3, 0.4) is 0 Å². The summed E-state index contributed by atoms with van der Waals surface area (Å²) in [6.45, 7) is 4.16. The first-order chi connectivity index (χ1) is 21.6. The molecule has 0 aromatic heterocycles. The van der Waals surface area contributed by atoms with Crippen molar-refractivity contribution in [2.75, 3.05) is 20.2 Å². The number of allylic oxidation sites excluding steroid dienone is 1. The van der Waals surface area contributed by atoms with Crippen LogP contribution in [0, 0.1) is 40.3 Å². The van der Waals surface area contributed by atoms with E-state index < -0.39 is 59.6 Å². The smallest absolute Gasteiger partial charge is 0.417 e. The Hall–Kier alpha value is -3.15. The predicted molar refractivity (Wildman–Crippen MR) is 158 cm³/mol. The first-order valence-electron chi connectivity index (χ1n) is 16.4. The number of benzene rings is 1. The summed E-state index contributed by atoms with van der Waals surface area (Å²) in [5.41, 5.74) is -2.61. The van der Waals surface area contributed by atoms with Crippen LogP contribution in [0.15, 0.2) is 23.8 Å². The van der Waals surface area contributed by atoms with Crippen LogP contribution in [0.4, 0.5) is 17.6 Å². The molecule has 250 valence electrons. The Balaban J connectivity index is 1.10. The second-order valence-corrected chi connectivity index (χ2v) is 15.3. The van der Waals surface area contributed by atoms with Gasteiger partial charge in [0.25, 0.3) is 11.8 Å². The van der Waals surface area contributed by atoms with Gasteiger partial charge in [-0.3, -0.25) is 14.4 Å². The maximum absolute atomic E-state index is 15.3. The average Bonchev–Trinajstić information content (AvgIpc) is 3.86. The topological polar surface area (TPSA) is 108 Å². The van der Waals surface area contributed by atoms with Crippen molar-refractivity contribution in [2.45, 2.75) is 89.1 Å². The summed E-state index contributed by atoms with van der Waals surface area (Å²) in [4.78, 5) is 42.3. The van der Waals surface area contributed by atoms with Crippen molar-refractivity contribution < 1.29 is 41.8 Å². The third-order valence-electron chi connectivity index (χ3n) is 11.9. The molecule has 5 aliphatic carbocycles. The van der Waals surface area contributed by atoms with E-state index in [0.717, 1.165) is 44.6 Å². The number of hydrogen-bond acceptors (Lipinski definition) is 5. The molecule has 1 aliphatic heterocycles. The molecule has 1 aromatic carbocycles. The molecule has 1 spiro atoms. The number of hydrogen-bond donors (Lipinski definition) is 3. The van der Waals surface area contributed by atoms with Gasteiger partial charge in [-0.2, -0.15) is 13.2 Å². The number of likely N-dealkylation sites (tertiary alicyclic amines) is 1. The van der Waals surface area contributed by atoms with Crippen molar-refractivity contribution in [1.82, 2.24) is 15.5 Å². The predicted octanol–water partition coefficient (Wildman–Crippen LogP) is 4.76. The van der Waals surface area contributed by atoms with Crippen LogP contribution >= 0.6 is 0 Å². The fraction of sp³-hybridized carbons (Fsp3) is 0.676. The third-order valence-corrected chi connectivity index (χ3v) is 11.9. The van der Waals surface area contributed by atoms with E-state index in [1.165, 1.54) is 23.6 Å². The minimum absolute atomic E-state index is 0.00505. The number of aliphatic hydroxyl groups is 1. The van der Waals surface area contributed by atoms with Gasteiger partial charge in [0, 0.05) is 42.1 Å². The Bertz CT molecular complexity index is 1500.